The number of benzene rings is 11. The van der Waals surface area contributed by atoms with E-state index in [2.05, 4.69) is 270 Å². The summed E-state index contributed by atoms with van der Waals surface area (Å²) in [4.78, 5) is 4.43. The monoisotopic (exact) mass is 1070 g/mol. The van der Waals surface area contributed by atoms with Crippen LogP contribution in [0.25, 0.3) is 127 Å². The Morgan fingerprint density at radius 3 is 1.06 bits per heavy atom. The van der Waals surface area contributed by atoms with Crippen molar-refractivity contribution in [2.45, 2.75) is 77.0 Å². The molecule has 4 heteroatoms. The Morgan fingerprint density at radius 1 is 0.321 bits per heavy atom. The van der Waals surface area contributed by atoms with E-state index >= 15 is 0 Å². The van der Waals surface area contributed by atoms with Crippen LogP contribution in [0.1, 0.15) is 105 Å². The molecule has 84 heavy (non-hydrogen) atoms. The third-order valence-corrected chi connectivity index (χ3v) is 20.6. The van der Waals surface area contributed by atoms with Gasteiger partial charge in [0.1, 0.15) is 6.07 Å². The Balaban J connectivity index is 0.886. The maximum absolute atomic E-state index is 11.7. The normalized spacial score (nSPS) is 15.5. The Labute approximate surface area is 490 Å². The van der Waals surface area contributed by atoms with E-state index in [1.54, 1.807) is 0 Å². The molecule has 0 N–H and O–H groups in total. The van der Waals surface area contributed by atoms with Gasteiger partial charge in [-0.1, -0.05) is 189 Å². The van der Waals surface area contributed by atoms with Gasteiger partial charge in [-0.25, -0.2) is 4.85 Å². The summed E-state index contributed by atoms with van der Waals surface area (Å²) < 4.78 is 4.55. The summed E-state index contributed by atoms with van der Waals surface area (Å²) in [6.45, 7) is 27.8. The lowest BCUT2D eigenvalue weighted by Gasteiger charge is -2.22. The zero-order chi connectivity index (χ0) is 57.1. The van der Waals surface area contributed by atoms with Gasteiger partial charge in [0.25, 0.3) is 0 Å². The molecule has 0 atom stereocenters. The highest BCUT2D eigenvalue weighted by molar-refractivity contribution is 6.15. The number of nitriles is 1. The first-order valence-corrected chi connectivity index (χ1v) is 29.5. The third-order valence-electron chi connectivity index (χ3n) is 20.6. The number of aromatic nitrogens is 2. The zero-order valence-corrected chi connectivity index (χ0v) is 48.4. The molecule has 0 unspecified atom stereocenters. The van der Waals surface area contributed by atoms with Crippen LogP contribution in [0.5, 0.6) is 0 Å². The second-order valence-corrected chi connectivity index (χ2v) is 26.2. The van der Waals surface area contributed by atoms with E-state index in [0.717, 1.165) is 54.7 Å². The summed E-state index contributed by atoms with van der Waals surface area (Å²) in [5.74, 6) is 0. The Bertz CT molecular complexity index is 4950. The second kappa shape index (κ2) is 16.4. The first-order valence-electron chi connectivity index (χ1n) is 29.5. The molecule has 0 aliphatic heterocycles. The van der Waals surface area contributed by atoms with Gasteiger partial charge < -0.3 is 9.13 Å². The number of nitrogens with zero attached hydrogens (tertiary/aromatic N) is 4. The summed E-state index contributed by atoms with van der Waals surface area (Å²) in [5.41, 5.74) is 30.8. The van der Waals surface area contributed by atoms with Crippen molar-refractivity contribution in [3.05, 3.63) is 268 Å². The van der Waals surface area contributed by atoms with Crippen molar-refractivity contribution in [2.75, 3.05) is 0 Å². The molecule has 2 heterocycles. The minimum atomic E-state index is -0.263. The maximum atomic E-state index is 11.7. The molecule has 13 aromatic rings. The maximum Gasteiger partial charge on any atom is 0.212 e. The van der Waals surface area contributed by atoms with Crippen LogP contribution in [0, 0.1) is 17.9 Å². The summed E-state index contributed by atoms with van der Waals surface area (Å²) in [5, 5.41) is 16.1. The van der Waals surface area contributed by atoms with Gasteiger partial charge >= 0.3 is 0 Å². The molecule has 0 saturated carbocycles. The van der Waals surface area contributed by atoms with E-state index in [1.165, 1.54) is 100 Å². The Hall–Kier alpha value is -10.0. The van der Waals surface area contributed by atoms with Gasteiger partial charge in [-0.05, 0) is 184 Å². The number of fused-ring (bicyclic) bond motifs is 18. The van der Waals surface area contributed by atoms with Crippen LogP contribution >= 0.6 is 0 Å². The van der Waals surface area contributed by atoms with Crippen LogP contribution in [-0.2, 0) is 21.7 Å². The molecule has 4 nitrogen and oxygen atoms in total. The van der Waals surface area contributed by atoms with Crippen LogP contribution in [-0.4, -0.2) is 9.13 Å². The van der Waals surface area contributed by atoms with Gasteiger partial charge in [0, 0.05) is 43.2 Å². The topological polar surface area (TPSA) is 38.0 Å². The third kappa shape index (κ3) is 6.20. The van der Waals surface area contributed by atoms with Crippen molar-refractivity contribution >= 4 is 49.3 Å². The lowest BCUT2D eigenvalue weighted by atomic mass is 9.81. The van der Waals surface area contributed by atoms with Gasteiger partial charge in [0.05, 0.1) is 45.6 Å². The molecule has 4 aliphatic rings. The first-order chi connectivity index (χ1) is 40.6. The predicted octanol–water partition coefficient (Wildman–Crippen LogP) is 20.9. The number of rotatable bonds is 4. The Kier molecular flexibility index (Phi) is 9.49. The van der Waals surface area contributed by atoms with E-state index in [1.807, 2.05) is 12.1 Å². The van der Waals surface area contributed by atoms with Crippen molar-refractivity contribution in [3.8, 4) is 84.2 Å². The van der Waals surface area contributed by atoms with Crippen LogP contribution in [0.2, 0.25) is 0 Å². The fourth-order valence-corrected chi connectivity index (χ4v) is 16.2. The van der Waals surface area contributed by atoms with Crippen LogP contribution in [0.4, 0.5) is 5.69 Å². The first kappa shape index (κ1) is 48.7. The number of hydrogen-bond donors (Lipinski definition) is 0. The molecule has 2 aromatic heterocycles. The highest BCUT2D eigenvalue weighted by Gasteiger charge is 2.40. The van der Waals surface area contributed by atoms with Crippen LogP contribution in [0.3, 0.4) is 0 Å². The van der Waals surface area contributed by atoms with Crippen molar-refractivity contribution in [2.24, 2.45) is 0 Å². The zero-order valence-electron chi connectivity index (χ0n) is 48.4. The molecule has 0 amide bonds. The SMILES string of the molecule is [C-]#[N+]c1cc(-n2c3ccc(-c4ccc5c(c4)C(C)(C)c4ccccc4-5)cc3c3cc4c(cc32)C(C)(C)c2ccccc2-4)c(C#N)cc1-n1c2ccc(-c3ccc4c(c3)C(C)(C)c3ccccc3-4)cc2c2cc3c(cc21)C(C)(C)c1ccccc1-3. The Morgan fingerprint density at radius 2 is 0.655 bits per heavy atom. The van der Waals surface area contributed by atoms with E-state index in [-0.39, 0.29) is 21.7 Å². The lowest BCUT2D eigenvalue weighted by Crippen LogP contribution is -2.15. The summed E-state index contributed by atoms with van der Waals surface area (Å²) >= 11 is 0. The van der Waals surface area contributed by atoms with Crippen LogP contribution < -0.4 is 0 Å². The molecule has 0 bridgehead atoms. The fourth-order valence-electron chi connectivity index (χ4n) is 16.2. The van der Waals surface area contributed by atoms with Gasteiger partial charge in [-0.3, -0.25) is 0 Å². The largest absolute Gasteiger partial charge is 0.319 e. The second-order valence-electron chi connectivity index (χ2n) is 26.2. The van der Waals surface area contributed by atoms with E-state index < -0.39 is 0 Å². The smallest absolute Gasteiger partial charge is 0.212 e. The minimum absolute atomic E-state index is 0.137. The quantitative estimate of drug-likeness (QED) is 0.162. The van der Waals surface area contributed by atoms with E-state index in [0.29, 0.717) is 22.6 Å². The molecule has 0 spiro atoms. The molecule has 11 aromatic carbocycles. The molecule has 0 saturated heterocycles. The van der Waals surface area contributed by atoms with Crippen molar-refractivity contribution < 1.29 is 0 Å². The van der Waals surface area contributed by atoms with Crippen LogP contribution in [0.15, 0.2) is 206 Å². The van der Waals surface area contributed by atoms with Gasteiger partial charge in [-0.15, -0.1) is 0 Å². The van der Waals surface area contributed by atoms with Gasteiger partial charge in [-0.2, -0.15) is 5.26 Å². The summed E-state index contributed by atoms with van der Waals surface area (Å²) in [6.07, 6.45) is 0. The van der Waals surface area contributed by atoms with Crippen molar-refractivity contribution in [3.63, 3.8) is 0 Å². The molecular weight excluding hydrogens is 1020 g/mol. The molecule has 0 fully saturated rings. The average Bonchev–Trinajstić information content (AvgIpc) is 1.67. The van der Waals surface area contributed by atoms with Gasteiger partial charge in [0.15, 0.2) is 0 Å². The minimum Gasteiger partial charge on any atom is -0.319 e. The highest BCUT2D eigenvalue weighted by atomic mass is 15.0. The average molecular weight is 1080 g/mol. The molecular formula is C80H58N4. The van der Waals surface area contributed by atoms with E-state index in [9.17, 15) is 5.26 Å². The summed E-state index contributed by atoms with van der Waals surface area (Å²) in [7, 11) is 0. The lowest BCUT2D eigenvalue weighted by molar-refractivity contribution is 0.660. The molecule has 398 valence electrons. The molecule has 17 rings (SSSR count). The summed E-state index contributed by atoms with van der Waals surface area (Å²) in [6, 6.07) is 79.2. The molecule has 0 radical (unpaired) electrons. The van der Waals surface area contributed by atoms with Crippen molar-refractivity contribution in [1.82, 2.24) is 9.13 Å². The fraction of sp³-hybridized carbons (Fsp3) is 0.150. The predicted molar refractivity (Wildman–Crippen MR) is 347 cm³/mol. The highest BCUT2D eigenvalue weighted by Crippen LogP contribution is 2.56. The standard InChI is InChI=1S/C80H58N4/c1-77(2)62-22-14-10-18-50(62)54-30-26-47(36-66(54)77)45-28-32-71-58(34-45)60-39-56-52-20-12-16-24-64(52)79(5,6)68(56)41-74(60)83(71)73-43-70(82-9)76(38-49(73)44-81)84-72-33-29-46(48-27-31-55-51-19-11-15-23-63(51)78(3,4)67(55)37-48)35-59(72)61-40-57-53-21-13-17-25-65(53)80(7,8)69(57)42-75(61)84/h10-43H,1-8H3. The van der Waals surface area contributed by atoms with Gasteiger partial charge in [0.2, 0.25) is 5.69 Å². The van der Waals surface area contributed by atoms with Crippen molar-refractivity contribution in [1.29, 1.82) is 5.26 Å². The molecule has 4 aliphatic carbocycles. The van der Waals surface area contributed by atoms with E-state index in [4.69, 9.17) is 6.57 Å². The number of hydrogen-bond acceptors (Lipinski definition) is 1.